The number of nitrogens with one attached hydrogen (secondary N) is 1. The third-order valence-corrected chi connectivity index (χ3v) is 4.44. The predicted molar refractivity (Wildman–Crippen MR) is 73.2 cm³/mol. The second kappa shape index (κ2) is 5.59. The summed E-state index contributed by atoms with van der Waals surface area (Å²) in [6.07, 6.45) is 0. The molecule has 0 atom stereocenters. The third-order valence-electron chi connectivity index (χ3n) is 2.72. The van der Waals surface area contributed by atoms with Gasteiger partial charge in [-0.25, -0.2) is 8.42 Å². The van der Waals surface area contributed by atoms with Crippen LogP contribution in [-0.4, -0.2) is 26.3 Å². The van der Waals surface area contributed by atoms with Gasteiger partial charge in [0.05, 0.1) is 4.90 Å². The first-order valence-electron chi connectivity index (χ1n) is 5.75. The van der Waals surface area contributed by atoms with Crippen LogP contribution < -0.4 is 16.2 Å². The van der Waals surface area contributed by atoms with Gasteiger partial charge in [-0.1, -0.05) is 17.7 Å². The minimum Gasteiger partial charge on any atom is -0.368 e. The highest BCUT2D eigenvalue weighted by Gasteiger charge is 2.30. The number of hydrogen-bond acceptors (Lipinski definition) is 4. The van der Waals surface area contributed by atoms with E-state index in [0.29, 0.717) is 11.1 Å². The van der Waals surface area contributed by atoms with Gasteiger partial charge in [0, 0.05) is 0 Å². The van der Waals surface area contributed by atoms with E-state index in [1.54, 1.807) is 26.0 Å². The Morgan fingerprint density at radius 3 is 1.80 bits per heavy atom. The van der Waals surface area contributed by atoms with E-state index in [1.807, 2.05) is 11.6 Å². The Morgan fingerprint density at radius 1 is 1.05 bits per heavy atom. The Balaban J connectivity index is 3.31. The van der Waals surface area contributed by atoms with Crippen LogP contribution in [0.1, 0.15) is 16.7 Å². The number of benzene rings is 1. The van der Waals surface area contributed by atoms with E-state index in [4.69, 9.17) is 11.5 Å². The van der Waals surface area contributed by atoms with E-state index in [-0.39, 0.29) is 4.90 Å². The van der Waals surface area contributed by atoms with E-state index in [1.165, 1.54) is 0 Å². The second-order valence-corrected chi connectivity index (χ2v) is 6.24. The zero-order valence-corrected chi connectivity index (χ0v) is 12.2. The molecule has 1 aromatic rings. The molecule has 0 bridgehead atoms. The molecule has 0 radical (unpaired) electrons. The molecule has 0 saturated carbocycles. The van der Waals surface area contributed by atoms with Gasteiger partial charge in [-0.05, 0) is 31.9 Å². The van der Waals surface area contributed by atoms with Crippen molar-refractivity contribution >= 4 is 21.8 Å². The van der Waals surface area contributed by atoms with E-state index in [2.05, 4.69) is 0 Å². The van der Waals surface area contributed by atoms with Crippen LogP contribution in [0, 0.1) is 20.8 Å². The Morgan fingerprint density at radius 2 is 1.45 bits per heavy atom. The second-order valence-electron chi connectivity index (χ2n) is 4.59. The monoisotopic (exact) mass is 299 g/mol. The topological polar surface area (TPSA) is 132 Å². The lowest BCUT2D eigenvalue weighted by Gasteiger charge is -2.16. The molecule has 5 N–H and O–H groups in total. The summed E-state index contributed by atoms with van der Waals surface area (Å²) in [7, 11) is -4.08. The number of rotatable bonds is 5. The molecule has 0 aliphatic rings. The summed E-state index contributed by atoms with van der Waals surface area (Å²) < 4.78 is 26.5. The van der Waals surface area contributed by atoms with E-state index < -0.39 is 27.9 Å². The van der Waals surface area contributed by atoms with Crippen molar-refractivity contribution in [1.29, 1.82) is 0 Å². The Kier molecular flexibility index (Phi) is 4.51. The van der Waals surface area contributed by atoms with Crippen LogP contribution in [0.25, 0.3) is 0 Å². The lowest BCUT2D eigenvalue weighted by molar-refractivity contribution is -0.128. The van der Waals surface area contributed by atoms with Crippen LogP contribution in [-0.2, 0) is 19.6 Å². The number of aryl methyl sites for hydroxylation is 3. The number of nitrogens with two attached hydrogens (primary N) is 2. The van der Waals surface area contributed by atoms with E-state index >= 15 is 0 Å². The molecule has 8 heteroatoms. The summed E-state index contributed by atoms with van der Waals surface area (Å²) >= 11 is 0. The van der Waals surface area contributed by atoms with Crippen LogP contribution in [0.15, 0.2) is 17.0 Å². The normalized spacial score (nSPS) is 11.6. The summed E-state index contributed by atoms with van der Waals surface area (Å²) in [5.74, 6) is -2.30. The van der Waals surface area contributed by atoms with Gasteiger partial charge in [0.15, 0.2) is 6.04 Å². The highest BCUT2D eigenvalue weighted by molar-refractivity contribution is 7.89. The Labute approximate surface area is 117 Å². The van der Waals surface area contributed by atoms with Crippen molar-refractivity contribution in [2.24, 2.45) is 11.5 Å². The summed E-state index contributed by atoms with van der Waals surface area (Å²) in [4.78, 5) is 22.1. The molecular formula is C12H17N3O4S. The van der Waals surface area contributed by atoms with Crippen molar-refractivity contribution in [2.45, 2.75) is 31.7 Å². The Bertz CT molecular complexity index is 630. The van der Waals surface area contributed by atoms with Crippen molar-refractivity contribution < 1.29 is 18.0 Å². The first kappa shape index (κ1) is 16.1. The molecule has 20 heavy (non-hydrogen) atoms. The molecule has 110 valence electrons. The predicted octanol–water partition coefficient (Wildman–Crippen LogP) is -0.771. The van der Waals surface area contributed by atoms with Gasteiger partial charge in [0.25, 0.3) is 0 Å². The fraction of sp³-hybridized carbons (Fsp3) is 0.333. The number of carbonyl (C=O) groups is 2. The first-order chi connectivity index (χ1) is 9.06. The molecule has 1 aromatic carbocycles. The molecule has 7 nitrogen and oxygen atoms in total. The average Bonchev–Trinajstić information content (AvgIpc) is 2.23. The molecule has 0 saturated heterocycles. The van der Waals surface area contributed by atoms with Gasteiger partial charge in [0.1, 0.15) is 0 Å². The lowest BCUT2D eigenvalue weighted by atomic mass is 10.1. The number of primary amides is 2. The average molecular weight is 299 g/mol. The highest BCUT2D eigenvalue weighted by atomic mass is 32.2. The van der Waals surface area contributed by atoms with E-state index in [0.717, 1.165) is 5.56 Å². The number of amides is 2. The maximum absolute atomic E-state index is 12.3. The highest BCUT2D eigenvalue weighted by Crippen LogP contribution is 2.21. The van der Waals surface area contributed by atoms with Gasteiger partial charge in [-0.15, -0.1) is 0 Å². The molecule has 2 amide bonds. The molecule has 0 unspecified atom stereocenters. The minimum absolute atomic E-state index is 0.00981. The minimum atomic E-state index is -4.08. The van der Waals surface area contributed by atoms with Crippen molar-refractivity contribution in [3.8, 4) is 0 Å². The van der Waals surface area contributed by atoms with Crippen LogP contribution in [0.2, 0.25) is 0 Å². The van der Waals surface area contributed by atoms with Gasteiger partial charge in [-0.3, -0.25) is 9.59 Å². The maximum atomic E-state index is 12.3. The summed E-state index contributed by atoms with van der Waals surface area (Å²) in [5, 5.41) is 0. The van der Waals surface area contributed by atoms with Crippen molar-refractivity contribution in [3.05, 3.63) is 28.8 Å². The molecular weight excluding hydrogens is 282 g/mol. The summed E-state index contributed by atoms with van der Waals surface area (Å²) in [6.45, 7) is 5.08. The van der Waals surface area contributed by atoms with Gasteiger partial charge in [-0.2, -0.15) is 4.72 Å². The smallest absolute Gasteiger partial charge is 0.245 e. The molecule has 0 aliphatic carbocycles. The SMILES string of the molecule is Cc1cc(C)c(S(=O)(=O)NC(C(N)=O)C(N)=O)c(C)c1. The van der Waals surface area contributed by atoms with Gasteiger partial charge < -0.3 is 11.5 Å². The molecule has 1 rings (SSSR count). The molecule has 0 fully saturated rings. The largest absolute Gasteiger partial charge is 0.368 e. The first-order valence-corrected chi connectivity index (χ1v) is 7.23. The molecule has 0 aromatic heterocycles. The van der Waals surface area contributed by atoms with Crippen LogP contribution in [0.3, 0.4) is 0 Å². The van der Waals surface area contributed by atoms with E-state index in [9.17, 15) is 18.0 Å². The number of hydrogen-bond donors (Lipinski definition) is 3. The molecule has 0 aliphatic heterocycles. The molecule has 0 heterocycles. The van der Waals surface area contributed by atoms with Crippen molar-refractivity contribution in [3.63, 3.8) is 0 Å². The standard InChI is InChI=1S/C12H17N3O4S/c1-6-4-7(2)10(8(3)5-6)20(18,19)15-9(11(13)16)12(14)17/h4-5,9,15H,1-3H3,(H2,13,16)(H2,14,17). The summed E-state index contributed by atoms with van der Waals surface area (Å²) in [5.41, 5.74) is 11.8. The van der Waals surface area contributed by atoms with Crippen molar-refractivity contribution in [2.75, 3.05) is 0 Å². The van der Waals surface area contributed by atoms with Crippen molar-refractivity contribution in [1.82, 2.24) is 4.72 Å². The van der Waals surface area contributed by atoms with Crippen LogP contribution >= 0.6 is 0 Å². The fourth-order valence-electron chi connectivity index (χ4n) is 2.06. The summed E-state index contributed by atoms with van der Waals surface area (Å²) in [6, 6.07) is 1.59. The van der Waals surface area contributed by atoms with Gasteiger partial charge in [0.2, 0.25) is 21.8 Å². The fourth-order valence-corrected chi connectivity index (χ4v) is 3.69. The third kappa shape index (κ3) is 3.34. The zero-order valence-electron chi connectivity index (χ0n) is 11.4. The van der Waals surface area contributed by atoms with Crippen LogP contribution in [0.4, 0.5) is 0 Å². The number of sulfonamides is 1. The quantitative estimate of drug-likeness (QED) is 0.616. The Hall–Kier alpha value is -1.93. The van der Waals surface area contributed by atoms with Gasteiger partial charge >= 0.3 is 0 Å². The zero-order chi connectivity index (χ0) is 15.7. The lowest BCUT2D eigenvalue weighted by Crippen LogP contribution is -2.52. The number of carbonyl (C=O) groups excluding carboxylic acids is 2. The van der Waals surface area contributed by atoms with Crippen LogP contribution in [0.5, 0.6) is 0 Å². The molecule has 0 spiro atoms. The maximum Gasteiger partial charge on any atom is 0.245 e.